The molecule has 0 saturated heterocycles. The van der Waals surface area contributed by atoms with Gasteiger partial charge in [-0.3, -0.25) is 4.68 Å². The summed E-state index contributed by atoms with van der Waals surface area (Å²) in [4.78, 5) is 0. The SMILES string of the molecule is CNCc1ccc(Cn2cc(Cl)cn2)cc1. The summed E-state index contributed by atoms with van der Waals surface area (Å²) in [6.07, 6.45) is 3.47. The molecular formula is C12H14ClN3. The minimum atomic E-state index is 0.673. The lowest BCUT2D eigenvalue weighted by Crippen LogP contribution is -2.05. The summed E-state index contributed by atoms with van der Waals surface area (Å²) in [6, 6.07) is 8.47. The number of rotatable bonds is 4. The predicted molar refractivity (Wildman–Crippen MR) is 65.5 cm³/mol. The van der Waals surface area contributed by atoms with Crippen LogP contribution >= 0.6 is 11.6 Å². The zero-order valence-electron chi connectivity index (χ0n) is 9.15. The van der Waals surface area contributed by atoms with Crippen molar-refractivity contribution in [1.82, 2.24) is 15.1 Å². The number of hydrogen-bond donors (Lipinski definition) is 1. The van der Waals surface area contributed by atoms with Crippen LogP contribution in [-0.2, 0) is 13.1 Å². The van der Waals surface area contributed by atoms with Crippen LogP contribution in [0.3, 0.4) is 0 Å². The third kappa shape index (κ3) is 2.84. The molecule has 2 rings (SSSR count). The van der Waals surface area contributed by atoms with Gasteiger partial charge < -0.3 is 5.32 Å². The highest BCUT2D eigenvalue weighted by molar-refractivity contribution is 6.30. The predicted octanol–water partition coefficient (Wildman–Crippen LogP) is 2.30. The fraction of sp³-hybridized carbons (Fsp3) is 0.250. The highest BCUT2D eigenvalue weighted by atomic mass is 35.5. The van der Waals surface area contributed by atoms with Crippen LogP contribution in [0.4, 0.5) is 0 Å². The lowest BCUT2D eigenvalue weighted by molar-refractivity contribution is 0.686. The second-order valence-electron chi connectivity index (χ2n) is 3.70. The topological polar surface area (TPSA) is 29.9 Å². The Morgan fingerprint density at radius 1 is 1.25 bits per heavy atom. The molecule has 84 valence electrons. The second-order valence-corrected chi connectivity index (χ2v) is 4.14. The van der Waals surface area contributed by atoms with E-state index in [4.69, 9.17) is 11.6 Å². The van der Waals surface area contributed by atoms with E-state index in [9.17, 15) is 0 Å². The summed E-state index contributed by atoms with van der Waals surface area (Å²) in [6.45, 7) is 1.65. The van der Waals surface area contributed by atoms with Crippen molar-refractivity contribution in [1.29, 1.82) is 0 Å². The number of benzene rings is 1. The van der Waals surface area contributed by atoms with Crippen LogP contribution in [0.5, 0.6) is 0 Å². The Morgan fingerprint density at radius 3 is 2.50 bits per heavy atom. The van der Waals surface area contributed by atoms with Crippen LogP contribution in [0, 0.1) is 0 Å². The van der Waals surface area contributed by atoms with E-state index in [1.807, 2.05) is 17.9 Å². The van der Waals surface area contributed by atoms with Gasteiger partial charge in [0.1, 0.15) is 0 Å². The van der Waals surface area contributed by atoms with Crippen molar-refractivity contribution in [2.45, 2.75) is 13.1 Å². The Bertz CT molecular complexity index is 448. The first-order chi connectivity index (χ1) is 7.78. The summed E-state index contributed by atoms with van der Waals surface area (Å²) in [5, 5.41) is 7.94. The molecule has 0 amide bonds. The highest BCUT2D eigenvalue weighted by Crippen LogP contribution is 2.09. The highest BCUT2D eigenvalue weighted by Gasteiger charge is 1.98. The molecule has 1 aromatic heterocycles. The number of hydrogen-bond acceptors (Lipinski definition) is 2. The van der Waals surface area contributed by atoms with Crippen LogP contribution in [0.15, 0.2) is 36.7 Å². The first-order valence-corrected chi connectivity index (χ1v) is 5.56. The number of aromatic nitrogens is 2. The summed E-state index contributed by atoms with van der Waals surface area (Å²) in [7, 11) is 1.94. The van der Waals surface area contributed by atoms with Crippen LogP contribution in [-0.4, -0.2) is 16.8 Å². The van der Waals surface area contributed by atoms with Crippen molar-refractivity contribution in [2.24, 2.45) is 0 Å². The third-order valence-electron chi connectivity index (χ3n) is 2.35. The van der Waals surface area contributed by atoms with E-state index in [1.165, 1.54) is 11.1 Å². The van der Waals surface area contributed by atoms with Gasteiger partial charge in [-0.2, -0.15) is 5.10 Å². The molecule has 0 spiro atoms. The molecule has 0 fully saturated rings. The molecule has 0 unspecified atom stereocenters. The van der Waals surface area contributed by atoms with Gasteiger partial charge >= 0.3 is 0 Å². The summed E-state index contributed by atoms with van der Waals surface area (Å²) >= 11 is 5.80. The Balaban J connectivity index is 2.05. The van der Waals surface area contributed by atoms with Gasteiger partial charge in [0.2, 0.25) is 0 Å². The monoisotopic (exact) mass is 235 g/mol. The minimum absolute atomic E-state index is 0.673. The molecule has 0 atom stereocenters. The standard InChI is InChI=1S/C12H14ClN3/c1-14-6-10-2-4-11(5-3-10)8-16-9-12(13)7-15-16/h2-5,7,9,14H,6,8H2,1H3. The maximum atomic E-state index is 5.80. The lowest BCUT2D eigenvalue weighted by Gasteiger charge is -2.04. The van der Waals surface area contributed by atoms with Crippen molar-refractivity contribution >= 4 is 11.6 Å². The molecule has 1 heterocycles. The van der Waals surface area contributed by atoms with Gasteiger partial charge in [0.25, 0.3) is 0 Å². The largest absolute Gasteiger partial charge is 0.316 e. The fourth-order valence-electron chi connectivity index (χ4n) is 1.58. The molecule has 16 heavy (non-hydrogen) atoms. The van der Waals surface area contributed by atoms with Crippen LogP contribution in [0.2, 0.25) is 5.02 Å². The number of halogens is 1. The zero-order valence-corrected chi connectivity index (χ0v) is 9.91. The first kappa shape index (κ1) is 11.2. The van der Waals surface area contributed by atoms with E-state index in [-0.39, 0.29) is 0 Å². The summed E-state index contributed by atoms with van der Waals surface area (Å²) in [5.74, 6) is 0. The van der Waals surface area contributed by atoms with Crippen LogP contribution < -0.4 is 5.32 Å². The van der Waals surface area contributed by atoms with Gasteiger partial charge in [-0.1, -0.05) is 35.9 Å². The lowest BCUT2D eigenvalue weighted by atomic mass is 10.1. The first-order valence-electron chi connectivity index (χ1n) is 5.18. The van der Waals surface area contributed by atoms with E-state index < -0.39 is 0 Å². The molecule has 0 saturated carbocycles. The second kappa shape index (κ2) is 5.14. The van der Waals surface area contributed by atoms with Crippen molar-refractivity contribution < 1.29 is 0 Å². The van der Waals surface area contributed by atoms with Crippen LogP contribution in [0.25, 0.3) is 0 Å². The minimum Gasteiger partial charge on any atom is -0.316 e. The van der Waals surface area contributed by atoms with Crippen LogP contribution in [0.1, 0.15) is 11.1 Å². The number of nitrogens with one attached hydrogen (secondary N) is 1. The van der Waals surface area contributed by atoms with E-state index in [1.54, 1.807) is 6.20 Å². The molecular weight excluding hydrogens is 222 g/mol. The van der Waals surface area contributed by atoms with Gasteiger partial charge in [-0.15, -0.1) is 0 Å². The van der Waals surface area contributed by atoms with Gasteiger partial charge in [0.05, 0.1) is 17.8 Å². The Kier molecular flexibility index (Phi) is 3.59. The molecule has 1 aromatic carbocycles. The molecule has 0 bridgehead atoms. The van der Waals surface area contributed by atoms with E-state index >= 15 is 0 Å². The quantitative estimate of drug-likeness (QED) is 0.882. The van der Waals surface area contributed by atoms with Gasteiger partial charge in [0.15, 0.2) is 0 Å². The summed E-state index contributed by atoms with van der Waals surface area (Å²) in [5.41, 5.74) is 2.50. The van der Waals surface area contributed by atoms with Gasteiger partial charge in [0, 0.05) is 12.7 Å². The molecule has 3 nitrogen and oxygen atoms in total. The number of nitrogens with zero attached hydrogens (tertiary/aromatic N) is 2. The van der Waals surface area contributed by atoms with E-state index in [0.717, 1.165) is 13.1 Å². The van der Waals surface area contributed by atoms with E-state index in [0.29, 0.717) is 5.02 Å². The Morgan fingerprint density at radius 2 is 1.94 bits per heavy atom. The molecule has 0 aliphatic rings. The maximum Gasteiger partial charge on any atom is 0.0785 e. The average molecular weight is 236 g/mol. The normalized spacial score (nSPS) is 10.6. The van der Waals surface area contributed by atoms with Crippen molar-refractivity contribution in [2.75, 3.05) is 7.05 Å². The maximum absolute atomic E-state index is 5.80. The van der Waals surface area contributed by atoms with Crippen molar-refractivity contribution in [3.8, 4) is 0 Å². The molecule has 0 aliphatic carbocycles. The Labute approximate surface area is 100 Å². The van der Waals surface area contributed by atoms with Gasteiger partial charge in [-0.25, -0.2) is 0 Å². The molecule has 1 N–H and O–H groups in total. The average Bonchev–Trinajstić information content (AvgIpc) is 2.67. The molecule has 2 aromatic rings. The van der Waals surface area contributed by atoms with E-state index in [2.05, 4.69) is 34.7 Å². The molecule has 0 radical (unpaired) electrons. The summed E-state index contributed by atoms with van der Waals surface area (Å²) < 4.78 is 1.83. The molecule has 4 heteroatoms. The smallest absolute Gasteiger partial charge is 0.0785 e. The third-order valence-corrected chi connectivity index (χ3v) is 2.55. The fourth-order valence-corrected chi connectivity index (χ4v) is 1.73. The van der Waals surface area contributed by atoms with Gasteiger partial charge in [-0.05, 0) is 18.2 Å². The Hall–Kier alpha value is -1.32. The van der Waals surface area contributed by atoms with Crippen molar-refractivity contribution in [3.05, 3.63) is 52.8 Å². The zero-order chi connectivity index (χ0) is 11.4. The molecule has 0 aliphatic heterocycles. The van der Waals surface area contributed by atoms with Crippen molar-refractivity contribution in [3.63, 3.8) is 0 Å².